The number of benzene rings is 1. The van der Waals surface area contributed by atoms with Crippen LogP contribution in [-0.2, 0) is 5.54 Å². The predicted octanol–water partition coefficient (Wildman–Crippen LogP) is 5.11. The number of nitrogens with zero attached hydrogens (tertiary/aromatic N) is 1. The van der Waals surface area contributed by atoms with Crippen LogP contribution in [0.2, 0.25) is 5.02 Å². The Kier molecular flexibility index (Phi) is 4.29. The molecule has 0 spiro atoms. The maximum absolute atomic E-state index is 13.1. The monoisotopic (exact) mass is 324 g/mol. The highest BCUT2D eigenvalue weighted by Crippen LogP contribution is 2.38. The van der Waals surface area contributed by atoms with Gasteiger partial charge in [-0.3, -0.25) is 0 Å². The fraction of sp³-hybridized carbons (Fsp3) is 0.438. The molecule has 1 saturated carbocycles. The highest BCUT2D eigenvalue weighted by atomic mass is 35.5. The molecule has 1 aliphatic rings. The van der Waals surface area contributed by atoms with E-state index >= 15 is 0 Å². The molecule has 2 N–H and O–H groups in total. The summed E-state index contributed by atoms with van der Waals surface area (Å²) in [4.78, 5) is 4.69. The van der Waals surface area contributed by atoms with Crippen molar-refractivity contribution in [3.05, 3.63) is 39.4 Å². The Morgan fingerprint density at radius 1 is 1.19 bits per heavy atom. The highest BCUT2D eigenvalue weighted by molar-refractivity contribution is 7.10. The first-order valence-corrected chi connectivity index (χ1v) is 8.55. The van der Waals surface area contributed by atoms with Gasteiger partial charge in [0.1, 0.15) is 10.8 Å². The van der Waals surface area contributed by atoms with Crippen molar-refractivity contribution in [1.29, 1.82) is 0 Å². The predicted molar refractivity (Wildman–Crippen MR) is 86.1 cm³/mol. The van der Waals surface area contributed by atoms with Gasteiger partial charge in [-0.2, -0.15) is 0 Å². The SMILES string of the molecule is NC1(c2nc(-c3ccc(F)cc3Cl)cs2)CCCCCC1. The van der Waals surface area contributed by atoms with E-state index in [-0.39, 0.29) is 11.4 Å². The molecular weight excluding hydrogens is 307 g/mol. The molecule has 0 unspecified atom stereocenters. The van der Waals surface area contributed by atoms with E-state index in [1.807, 2.05) is 5.38 Å². The number of hydrogen-bond acceptors (Lipinski definition) is 3. The Morgan fingerprint density at radius 2 is 1.90 bits per heavy atom. The van der Waals surface area contributed by atoms with Crippen molar-refractivity contribution in [3.63, 3.8) is 0 Å². The van der Waals surface area contributed by atoms with Gasteiger partial charge in [0.25, 0.3) is 0 Å². The molecule has 3 rings (SSSR count). The van der Waals surface area contributed by atoms with E-state index < -0.39 is 0 Å². The summed E-state index contributed by atoms with van der Waals surface area (Å²) >= 11 is 7.70. The van der Waals surface area contributed by atoms with Crippen LogP contribution in [0.1, 0.15) is 43.5 Å². The van der Waals surface area contributed by atoms with Crippen molar-refractivity contribution in [3.8, 4) is 11.3 Å². The van der Waals surface area contributed by atoms with Crippen LogP contribution in [0.25, 0.3) is 11.3 Å². The molecule has 1 aliphatic carbocycles. The maximum Gasteiger partial charge on any atom is 0.124 e. The van der Waals surface area contributed by atoms with E-state index in [9.17, 15) is 4.39 Å². The molecule has 0 aliphatic heterocycles. The van der Waals surface area contributed by atoms with Crippen LogP contribution in [0.5, 0.6) is 0 Å². The molecule has 2 aromatic rings. The van der Waals surface area contributed by atoms with Gasteiger partial charge in [0, 0.05) is 10.9 Å². The quantitative estimate of drug-likeness (QED) is 0.779. The van der Waals surface area contributed by atoms with Crippen molar-refractivity contribution < 1.29 is 4.39 Å². The Bertz CT molecular complexity index is 633. The lowest BCUT2D eigenvalue weighted by molar-refractivity contribution is 0.384. The summed E-state index contributed by atoms with van der Waals surface area (Å²) in [5, 5.41) is 3.33. The van der Waals surface area contributed by atoms with E-state index in [4.69, 9.17) is 22.3 Å². The third-order valence-electron chi connectivity index (χ3n) is 4.13. The van der Waals surface area contributed by atoms with Gasteiger partial charge in [0.15, 0.2) is 0 Å². The second-order valence-electron chi connectivity index (χ2n) is 5.73. The summed E-state index contributed by atoms with van der Waals surface area (Å²) < 4.78 is 13.1. The molecule has 0 saturated heterocycles. The van der Waals surface area contributed by atoms with Crippen molar-refractivity contribution >= 4 is 22.9 Å². The van der Waals surface area contributed by atoms with Crippen LogP contribution in [0.3, 0.4) is 0 Å². The van der Waals surface area contributed by atoms with Crippen LogP contribution < -0.4 is 5.73 Å². The summed E-state index contributed by atoms with van der Waals surface area (Å²) in [7, 11) is 0. The van der Waals surface area contributed by atoms with Crippen molar-refractivity contribution in [2.75, 3.05) is 0 Å². The zero-order valence-electron chi connectivity index (χ0n) is 11.7. The van der Waals surface area contributed by atoms with Crippen LogP contribution >= 0.6 is 22.9 Å². The van der Waals surface area contributed by atoms with E-state index in [2.05, 4.69) is 0 Å². The lowest BCUT2D eigenvalue weighted by Crippen LogP contribution is -2.35. The van der Waals surface area contributed by atoms with Crippen molar-refractivity contribution in [1.82, 2.24) is 4.98 Å². The summed E-state index contributed by atoms with van der Waals surface area (Å²) in [6, 6.07) is 4.40. The van der Waals surface area contributed by atoms with Gasteiger partial charge in [0.2, 0.25) is 0 Å². The van der Waals surface area contributed by atoms with Crippen molar-refractivity contribution in [2.24, 2.45) is 5.73 Å². The first-order chi connectivity index (χ1) is 10.1. The molecule has 0 amide bonds. The molecule has 0 atom stereocenters. The van der Waals surface area contributed by atoms with Crippen molar-refractivity contribution in [2.45, 2.75) is 44.1 Å². The third-order valence-corrected chi connectivity index (χ3v) is 5.51. The molecule has 0 radical (unpaired) electrons. The second kappa shape index (κ2) is 6.03. The first kappa shape index (κ1) is 14.9. The van der Waals surface area contributed by atoms with Gasteiger partial charge < -0.3 is 5.73 Å². The Balaban J connectivity index is 1.92. The second-order valence-corrected chi connectivity index (χ2v) is 7.00. The minimum atomic E-state index is -0.335. The minimum Gasteiger partial charge on any atom is -0.319 e. The van der Waals surface area contributed by atoms with Crippen LogP contribution in [-0.4, -0.2) is 4.98 Å². The van der Waals surface area contributed by atoms with Gasteiger partial charge in [-0.1, -0.05) is 37.3 Å². The average Bonchev–Trinajstić information content (AvgIpc) is 2.83. The number of nitrogens with two attached hydrogens (primary N) is 1. The van der Waals surface area contributed by atoms with Gasteiger partial charge >= 0.3 is 0 Å². The van der Waals surface area contributed by atoms with E-state index in [1.54, 1.807) is 17.4 Å². The van der Waals surface area contributed by atoms with Crippen LogP contribution in [0.15, 0.2) is 23.6 Å². The average molecular weight is 325 g/mol. The molecule has 1 fully saturated rings. The highest BCUT2D eigenvalue weighted by Gasteiger charge is 2.31. The van der Waals surface area contributed by atoms with Crippen LogP contribution in [0.4, 0.5) is 4.39 Å². The number of halogens is 2. The van der Waals surface area contributed by atoms with E-state index in [0.717, 1.165) is 41.9 Å². The zero-order chi connectivity index (χ0) is 14.9. The topological polar surface area (TPSA) is 38.9 Å². The largest absolute Gasteiger partial charge is 0.319 e. The molecule has 1 aromatic heterocycles. The lowest BCUT2D eigenvalue weighted by atomic mass is 9.92. The van der Waals surface area contributed by atoms with Gasteiger partial charge in [-0.05, 0) is 31.0 Å². The number of rotatable bonds is 2. The van der Waals surface area contributed by atoms with Gasteiger partial charge in [-0.15, -0.1) is 11.3 Å². The molecule has 1 aromatic carbocycles. The molecule has 0 bridgehead atoms. The first-order valence-electron chi connectivity index (χ1n) is 7.29. The smallest absolute Gasteiger partial charge is 0.124 e. The van der Waals surface area contributed by atoms with E-state index in [1.165, 1.54) is 25.0 Å². The standard InChI is InChI=1S/C16H18ClFN2S/c17-13-9-11(18)5-6-12(13)14-10-21-15(20-14)16(19)7-3-1-2-4-8-16/h5-6,9-10H,1-4,7-8,19H2. The maximum atomic E-state index is 13.1. The van der Waals surface area contributed by atoms with Gasteiger partial charge in [-0.25, -0.2) is 9.37 Å². The molecule has 21 heavy (non-hydrogen) atoms. The minimum absolute atomic E-state index is 0.314. The summed E-state index contributed by atoms with van der Waals surface area (Å²) in [5.41, 5.74) is 7.82. The number of aromatic nitrogens is 1. The molecule has 5 heteroatoms. The van der Waals surface area contributed by atoms with E-state index in [0.29, 0.717) is 5.02 Å². The Hall–Kier alpha value is -0.970. The lowest BCUT2D eigenvalue weighted by Gasteiger charge is -2.25. The molecule has 2 nitrogen and oxygen atoms in total. The summed E-state index contributed by atoms with van der Waals surface area (Å²) in [6.07, 6.45) is 6.78. The fourth-order valence-electron chi connectivity index (χ4n) is 2.90. The third kappa shape index (κ3) is 3.12. The molecule has 1 heterocycles. The summed E-state index contributed by atoms with van der Waals surface area (Å²) in [5.74, 6) is -0.335. The Morgan fingerprint density at radius 3 is 2.57 bits per heavy atom. The fourth-order valence-corrected chi connectivity index (χ4v) is 4.15. The Labute approximate surface area is 133 Å². The van der Waals surface area contributed by atoms with Gasteiger partial charge in [0.05, 0.1) is 16.3 Å². The number of hydrogen-bond donors (Lipinski definition) is 1. The van der Waals surface area contributed by atoms with Crippen LogP contribution in [0, 0.1) is 5.82 Å². The molecular formula is C16H18ClFN2S. The zero-order valence-corrected chi connectivity index (χ0v) is 13.3. The summed E-state index contributed by atoms with van der Waals surface area (Å²) in [6.45, 7) is 0. The number of thiazole rings is 1. The molecule has 112 valence electrons. The normalized spacial score (nSPS) is 18.4.